The summed E-state index contributed by atoms with van der Waals surface area (Å²) in [4.78, 5) is 18.9. The van der Waals surface area contributed by atoms with Gasteiger partial charge in [0.25, 0.3) is 0 Å². The molecule has 2 aromatic rings. The Labute approximate surface area is 147 Å². The van der Waals surface area contributed by atoms with Gasteiger partial charge in [0.05, 0.1) is 17.1 Å². The number of aryl methyl sites for hydroxylation is 3. The SMILES string of the molecule is Cc1nc(CC(=O)N2CCC[C@H](Nc3ccc(C)c(C)c3)C2)cs1. The lowest BCUT2D eigenvalue weighted by Gasteiger charge is -2.33. The average Bonchev–Trinajstić information content (AvgIpc) is 2.96. The predicted octanol–water partition coefficient (Wildman–Crippen LogP) is 3.71. The Morgan fingerprint density at radius 2 is 2.17 bits per heavy atom. The van der Waals surface area contributed by atoms with Gasteiger partial charge in [-0.15, -0.1) is 11.3 Å². The summed E-state index contributed by atoms with van der Waals surface area (Å²) in [6.07, 6.45) is 2.57. The van der Waals surface area contributed by atoms with Crippen LogP contribution in [0.25, 0.3) is 0 Å². The largest absolute Gasteiger partial charge is 0.381 e. The number of hydrogen-bond acceptors (Lipinski definition) is 4. The van der Waals surface area contributed by atoms with E-state index in [0.29, 0.717) is 12.5 Å². The third kappa shape index (κ3) is 4.15. The lowest BCUT2D eigenvalue weighted by molar-refractivity contribution is -0.131. The van der Waals surface area contributed by atoms with Crippen molar-refractivity contribution in [3.8, 4) is 0 Å². The van der Waals surface area contributed by atoms with Crippen molar-refractivity contribution in [2.45, 2.75) is 46.1 Å². The number of carbonyl (C=O) groups excluding carboxylic acids is 1. The van der Waals surface area contributed by atoms with Gasteiger partial charge in [-0.25, -0.2) is 4.98 Å². The number of thiazole rings is 1. The summed E-state index contributed by atoms with van der Waals surface area (Å²) in [6, 6.07) is 6.78. The van der Waals surface area contributed by atoms with Crippen molar-refractivity contribution in [2.75, 3.05) is 18.4 Å². The van der Waals surface area contributed by atoms with Crippen molar-refractivity contribution >= 4 is 22.9 Å². The maximum atomic E-state index is 12.5. The molecule has 1 aromatic heterocycles. The Morgan fingerprint density at radius 1 is 1.33 bits per heavy atom. The molecule has 1 aliphatic heterocycles. The van der Waals surface area contributed by atoms with Crippen LogP contribution in [0.3, 0.4) is 0 Å². The molecule has 0 aliphatic carbocycles. The molecule has 0 spiro atoms. The fraction of sp³-hybridized carbons (Fsp3) is 0.474. The van der Waals surface area contributed by atoms with Gasteiger partial charge < -0.3 is 10.2 Å². The van der Waals surface area contributed by atoms with Crippen molar-refractivity contribution in [3.05, 3.63) is 45.4 Å². The lowest BCUT2D eigenvalue weighted by atomic mass is 10.0. The summed E-state index contributed by atoms with van der Waals surface area (Å²) in [5.74, 6) is 0.187. The molecule has 1 amide bonds. The molecule has 3 rings (SSSR count). The number of aromatic nitrogens is 1. The van der Waals surface area contributed by atoms with E-state index in [-0.39, 0.29) is 5.91 Å². The van der Waals surface area contributed by atoms with Crippen LogP contribution in [0.15, 0.2) is 23.6 Å². The Bertz CT molecular complexity index is 725. The Morgan fingerprint density at radius 3 is 2.88 bits per heavy atom. The van der Waals surface area contributed by atoms with Crippen molar-refractivity contribution < 1.29 is 4.79 Å². The van der Waals surface area contributed by atoms with Crippen LogP contribution < -0.4 is 5.32 Å². The van der Waals surface area contributed by atoms with Crippen LogP contribution in [0.2, 0.25) is 0 Å². The van der Waals surface area contributed by atoms with E-state index in [9.17, 15) is 4.79 Å². The molecule has 1 fully saturated rings. The molecular weight excluding hydrogens is 318 g/mol. The number of amides is 1. The molecule has 0 saturated carbocycles. The molecule has 0 bridgehead atoms. The molecule has 0 radical (unpaired) electrons. The molecule has 4 nitrogen and oxygen atoms in total. The number of nitrogens with one attached hydrogen (secondary N) is 1. The molecule has 1 aromatic carbocycles. The van der Waals surface area contributed by atoms with Crippen molar-refractivity contribution in [2.24, 2.45) is 0 Å². The fourth-order valence-electron chi connectivity index (χ4n) is 3.14. The van der Waals surface area contributed by atoms with E-state index in [1.54, 1.807) is 11.3 Å². The number of benzene rings is 1. The van der Waals surface area contributed by atoms with Gasteiger partial charge in [-0.05, 0) is 56.9 Å². The topological polar surface area (TPSA) is 45.2 Å². The third-order valence-electron chi connectivity index (χ3n) is 4.65. The zero-order valence-corrected chi connectivity index (χ0v) is 15.4. The van der Waals surface area contributed by atoms with Crippen LogP contribution in [0.1, 0.15) is 34.7 Å². The van der Waals surface area contributed by atoms with Crippen LogP contribution in [0.5, 0.6) is 0 Å². The summed E-state index contributed by atoms with van der Waals surface area (Å²) < 4.78 is 0. The third-order valence-corrected chi connectivity index (χ3v) is 5.47. The zero-order chi connectivity index (χ0) is 17.1. The van der Waals surface area contributed by atoms with Gasteiger partial charge in [0.15, 0.2) is 0 Å². The first-order valence-electron chi connectivity index (χ1n) is 8.54. The maximum Gasteiger partial charge on any atom is 0.228 e. The molecule has 1 N–H and O–H groups in total. The second-order valence-corrected chi connectivity index (χ2v) is 7.72. The summed E-state index contributed by atoms with van der Waals surface area (Å²) in [5, 5.41) is 6.60. The van der Waals surface area contributed by atoms with Gasteiger partial charge in [0.2, 0.25) is 5.91 Å². The molecule has 0 unspecified atom stereocenters. The van der Waals surface area contributed by atoms with E-state index in [2.05, 4.69) is 42.3 Å². The standard InChI is InChI=1S/C19H25N3OS/c1-13-6-7-16(9-14(13)2)21-17-5-4-8-22(11-17)19(23)10-18-12-24-15(3)20-18/h6-7,9,12,17,21H,4-5,8,10-11H2,1-3H3/t17-/m0/s1. The van der Waals surface area contributed by atoms with Crippen molar-refractivity contribution in [1.82, 2.24) is 9.88 Å². The van der Waals surface area contributed by atoms with E-state index in [1.807, 2.05) is 17.2 Å². The first-order valence-corrected chi connectivity index (χ1v) is 9.42. The Hall–Kier alpha value is -1.88. The normalized spacial score (nSPS) is 17.8. The van der Waals surface area contributed by atoms with Gasteiger partial charge in [0.1, 0.15) is 0 Å². The van der Waals surface area contributed by atoms with Crippen molar-refractivity contribution in [1.29, 1.82) is 0 Å². The molecule has 2 heterocycles. The molecular formula is C19H25N3OS. The number of likely N-dealkylation sites (tertiary alicyclic amines) is 1. The van der Waals surface area contributed by atoms with Gasteiger partial charge in [-0.2, -0.15) is 0 Å². The summed E-state index contributed by atoms with van der Waals surface area (Å²) >= 11 is 1.60. The van der Waals surface area contributed by atoms with Crippen molar-refractivity contribution in [3.63, 3.8) is 0 Å². The van der Waals surface area contributed by atoms with Gasteiger partial charge in [0, 0.05) is 30.2 Å². The fourth-order valence-corrected chi connectivity index (χ4v) is 3.76. The van der Waals surface area contributed by atoms with E-state index in [4.69, 9.17) is 0 Å². The number of piperidine rings is 1. The minimum absolute atomic E-state index is 0.187. The minimum atomic E-state index is 0.187. The predicted molar refractivity (Wildman–Crippen MR) is 99.7 cm³/mol. The van der Waals surface area contributed by atoms with Gasteiger partial charge in [-0.1, -0.05) is 6.07 Å². The number of anilines is 1. The minimum Gasteiger partial charge on any atom is -0.381 e. The lowest BCUT2D eigenvalue weighted by Crippen LogP contribution is -2.45. The Kier molecular flexibility index (Phi) is 5.19. The molecule has 24 heavy (non-hydrogen) atoms. The molecule has 1 aliphatic rings. The number of hydrogen-bond donors (Lipinski definition) is 1. The van der Waals surface area contributed by atoms with E-state index < -0.39 is 0 Å². The quantitative estimate of drug-likeness (QED) is 0.920. The summed E-state index contributed by atoms with van der Waals surface area (Å²) in [6.45, 7) is 7.86. The number of nitrogens with zero attached hydrogens (tertiary/aromatic N) is 2. The highest BCUT2D eigenvalue weighted by Crippen LogP contribution is 2.20. The van der Waals surface area contributed by atoms with Gasteiger partial charge in [-0.3, -0.25) is 4.79 Å². The highest BCUT2D eigenvalue weighted by atomic mass is 32.1. The van der Waals surface area contributed by atoms with E-state index in [0.717, 1.165) is 42.3 Å². The maximum absolute atomic E-state index is 12.5. The second kappa shape index (κ2) is 7.34. The summed E-state index contributed by atoms with van der Waals surface area (Å²) in [5.41, 5.74) is 4.64. The van der Waals surface area contributed by atoms with E-state index in [1.165, 1.54) is 11.1 Å². The first-order chi connectivity index (χ1) is 11.5. The van der Waals surface area contributed by atoms with Crippen LogP contribution in [-0.4, -0.2) is 34.9 Å². The zero-order valence-electron chi connectivity index (χ0n) is 14.6. The monoisotopic (exact) mass is 343 g/mol. The van der Waals surface area contributed by atoms with Crippen LogP contribution >= 0.6 is 11.3 Å². The Balaban J connectivity index is 1.59. The van der Waals surface area contributed by atoms with Crippen LogP contribution in [0, 0.1) is 20.8 Å². The highest BCUT2D eigenvalue weighted by Gasteiger charge is 2.24. The molecule has 1 saturated heterocycles. The average molecular weight is 343 g/mol. The smallest absolute Gasteiger partial charge is 0.228 e. The highest BCUT2D eigenvalue weighted by molar-refractivity contribution is 7.09. The second-order valence-electron chi connectivity index (χ2n) is 6.66. The number of rotatable bonds is 4. The molecule has 5 heteroatoms. The summed E-state index contributed by atoms with van der Waals surface area (Å²) in [7, 11) is 0. The van der Waals surface area contributed by atoms with Gasteiger partial charge >= 0.3 is 0 Å². The first kappa shape index (κ1) is 17.0. The molecule has 1 atom stereocenters. The van der Waals surface area contributed by atoms with E-state index >= 15 is 0 Å². The van der Waals surface area contributed by atoms with Crippen LogP contribution in [0.4, 0.5) is 5.69 Å². The number of carbonyl (C=O) groups is 1. The molecule has 128 valence electrons. The van der Waals surface area contributed by atoms with Crippen LogP contribution in [-0.2, 0) is 11.2 Å².